The molecule has 2 atom stereocenters. The number of carbonyl (C=O) groups excluding carboxylic acids is 1. The highest BCUT2D eigenvalue weighted by molar-refractivity contribution is 5.85. The molecule has 132 valence electrons. The fraction of sp³-hybridized carbons (Fsp3) is 0.929. The van der Waals surface area contributed by atoms with Crippen molar-refractivity contribution in [1.29, 1.82) is 0 Å². The molecule has 0 aromatic rings. The number of amides is 1. The average Bonchev–Trinajstić information content (AvgIpc) is 2.49. The summed E-state index contributed by atoms with van der Waals surface area (Å²) >= 11 is 0. The van der Waals surface area contributed by atoms with Crippen molar-refractivity contribution in [1.82, 2.24) is 15.5 Å². The molecule has 2 N–H and O–H groups in total. The maximum Gasteiger partial charge on any atom is 0.250 e. The minimum atomic E-state index is -0.346. The number of nitrogens with one attached hydrogen (secondary N) is 2. The van der Waals surface area contributed by atoms with Gasteiger partial charge in [-0.25, -0.2) is 0 Å². The second-order valence-electron chi connectivity index (χ2n) is 5.77. The van der Waals surface area contributed by atoms with Crippen LogP contribution in [0.25, 0.3) is 0 Å². The predicted molar refractivity (Wildman–Crippen MR) is 91.1 cm³/mol. The van der Waals surface area contributed by atoms with Gasteiger partial charge in [0.15, 0.2) is 0 Å². The summed E-state index contributed by atoms with van der Waals surface area (Å²) in [5.41, 5.74) is 0. The van der Waals surface area contributed by atoms with Gasteiger partial charge in [0, 0.05) is 38.8 Å². The Balaban J connectivity index is 0.00000220. The Kier molecular flexibility index (Phi) is 11.4. The van der Waals surface area contributed by atoms with Crippen molar-refractivity contribution < 1.29 is 14.3 Å². The molecular formula is C14H29Cl2N3O3. The maximum absolute atomic E-state index is 12.1. The summed E-state index contributed by atoms with van der Waals surface area (Å²) in [5.74, 6) is 0.495. The Morgan fingerprint density at radius 2 is 1.95 bits per heavy atom. The maximum atomic E-state index is 12.1. The Morgan fingerprint density at radius 3 is 2.50 bits per heavy atom. The van der Waals surface area contributed by atoms with Gasteiger partial charge >= 0.3 is 0 Å². The summed E-state index contributed by atoms with van der Waals surface area (Å²) in [5, 5.41) is 6.22. The topological polar surface area (TPSA) is 62.8 Å². The van der Waals surface area contributed by atoms with E-state index < -0.39 is 0 Å². The first-order chi connectivity index (χ1) is 9.68. The zero-order valence-corrected chi connectivity index (χ0v) is 15.0. The monoisotopic (exact) mass is 357 g/mol. The number of rotatable bonds is 5. The van der Waals surface area contributed by atoms with Crippen molar-refractivity contribution in [2.75, 3.05) is 52.5 Å². The third-order valence-electron chi connectivity index (χ3n) is 3.99. The Morgan fingerprint density at radius 1 is 1.27 bits per heavy atom. The first-order valence-electron chi connectivity index (χ1n) is 7.60. The molecule has 6 nitrogen and oxygen atoms in total. The van der Waals surface area contributed by atoms with Crippen LogP contribution in [0, 0.1) is 5.92 Å². The van der Waals surface area contributed by atoms with Crippen LogP contribution in [0.15, 0.2) is 0 Å². The summed E-state index contributed by atoms with van der Waals surface area (Å²) in [7, 11) is 0. The number of halogens is 2. The van der Waals surface area contributed by atoms with Crippen molar-refractivity contribution >= 4 is 30.7 Å². The van der Waals surface area contributed by atoms with Crippen LogP contribution >= 0.6 is 24.8 Å². The van der Waals surface area contributed by atoms with Gasteiger partial charge in [0.25, 0.3) is 5.91 Å². The molecule has 2 rings (SSSR count). The van der Waals surface area contributed by atoms with Gasteiger partial charge < -0.3 is 20.1 Å². The van der Waals surface area contributed by atoms with E-state index in [0.717, 1.165) is 32.8 Å². The van der Waals surface area contributed by atoms with Gasteiger partial charge in [-0.15, -0.1) is 24.8 Å². The summed E-state index contributed by atoms with van der Waals surface area (Å²) in [6.45, 7) is 10.6. The van der Waals surface area contributed by atoms with Crippen molar-refractivity contribution in [2.24, 2.45) is 5.92 Å². The van der Waals surface area contributed by atoms with Gasteiger partial charge in [0.1, 0.15) is 6.10 Å². The largest absolute Gasteiger partial charge is 0.379 e. The number of hydrogen-bond donors (Lipinski definition) is 2. The molecule has 0 aromatic heterocycles. The van der Waals surface area contributed by atoms with E-state index in [2.05, 4.69) is 29.4 Å². The molecule has 0 radical (unpaired) electrons. The van der Waals surface area contributed by atoms with E-state index in [-0.39, 0.29) is 36.8 Å². The van der Waals surface area contributed by atoms with Crippen molar-refractivity contribution in [3.8, 4) is 0 Å². The van der Waals surface area contributed by atoms with Gasteiger partial charge in [0.05, 0.1) is 19.8 Å². The van der Waals surface area contributed by atoms with E-state index in [1.54, 1.807) is 0 Å². The van der Waals surface area contributed by atoms with Gasteiger partial charge in [-0.2, -0.15) is 0 Å². The number of nitrogens with zero attached hydrogens (tertiary/aromatic N) is 1. The van der Waals surface area contributed by atoms with Crippen LogP contribution in [0.1, 0.15) is 13.8 Å². The molecule has 22 heavy (non-hydrogen) atoms. The molecule has 2 heterocycles. The van der Waals surface area contributed by atoms with Gasteiger partial charge in [-0.3, -0.25) is 9.69 Å². The SMILES string of the molecule is CC(C)C(CNC(=O)C1CNCCO1)N1CCOCC1.Cl.Cl. The zero-order valence-electron chi connectivity index (χ0n) is 13.4. The minimum Gasteiger partial charge on any atom is -0.379 e. The van der Waals surface area contributed by atoms with Gasteiger partial charge in [0.2, 0.25) is 0 Å². The highest BCUT2D eigenvalue weighted by atomic mass is 35.5. The molecular weight excluding hydrogens is 329 g/mol. The third-order valence-corrected chi connectivity index (χ3v) is 3.99. The third kappa shape index (κ3) is 6.56. The van der Waals surface area contributed by atoms with Crippen LogP contribution in [0.5, 0.6) is 0 Å². The molecule has 2 aliphatic rings. The molecule has 8 heteroatoms. The summed E-state index contributed by atoms with van der Waals surface area (Å²) in [4.78, 5) is 14.5. The Bertz CT molecular complexity index is 310. The van der Waals surface area contributed by atoms with Crippen LogP contribution in [0.4, 0.5) is 0 Å². The van der Waals surface area contributed by atoms with Crippen molar-refractivity contribution in [3.63, 3.8) is 0 Å². The molecule has 2 aliphatic heterocycles. The summed E-state index contributed by atoms with van der Waals surface area (Å²) in [6.07, 6.45) is -0.346. The first kappa shape index (κ1) is 21.9. The Hall–Kier alpha value is -0.110. The highest BCUT2D eigenvalue weighted by Crippen LogP contribution is 2.12. The van der Waals surface area contributed by atoms with Gasteiger partial charge in [-0.1, -0.05) is 13.8 Å². The number of hydrogen-bond acceptors (Lipinski definition) is 5. The van der Waals surface area contributed by atoms with E-state index in [0.29, 0.717) is 31.7 Å². The number of ether oxygens (including phenoxy) is 2. The molecule has 0 bridgehead atoms. The summed E-state index contributed by atoms with van der Waals surface area (Å²) < 4.78 is 10.9. The van der Waals surface area contributed by atoms with Crippen LogP contribution in [0.2, 0.25) is 0 Å². The lowest BCUT2D eigenvalue weighted by Crippen LogP contribution is -2.54. The summed E-state index contributed by atoms with van der Waals surface area (Å²) in [6, 6.07) is 0.361. The van der Waals surface area contributed by atoms with Crippen LogP contribution in [0.3, 0.4) is 0 Å². The van der Waals surface area contributed by atoms with E-state index in [9.17, 15) is 4.79 Å². The lowest BCUT2D eigenvalue weighted by atomic mass is 10.0. The van der Waals surface area contributed by atoms with Gasteiger partial charge in [-0.05, 0) is 5.92 Å². The second kappa shape index (κ2) is 11.4. The van der Waals surface area contributed by atoms with Crippen molar-refractivity contribution in [2.45, 2.75) is 26.0 Å². The second-order valence-corrected chi connectivity index (χ2v) is 5.77. The average molecular weight is 358 g/mol. The molecule has 2 unspecified atom stereocenters. The molecule has 0 aliphatic carbocycles. The van der Waals surface area contributed by atoms with Crippen LogP contribution in [-0.4, -0.2) is 75.5 Å². The first-order valence-corrected chi connectivity index (χ1v) is 7.60. The van der Waals surface area contributed by atoms with E-state index >= 15 is 0 Å². The number of morpholine rings is 2. The molecule has 2 fully saturated rings. The predicted octanol–water partition coefficient (Wildman–Crippen LogP) is 0.291. The van der Waals surface area contributed by atoms with E-state index in [4.69, 9.17) is 9.47 Å². The Labute approximate surface area is 145 Å². The van der Waals surface area contributed by atoms with E-state index in [1.165, 1.54) is 0 Å². The fourth-order valence-electron chi connectivity index (χ4n) is 2.75. The zero-order chi connectivity index (χ0) is 14.4. The number of carbonyl (C=O) groups is 1. The molecule has 0 saturated carbocycles. The molecule has 2 saturated heterocycles. The lowest BCUT2D eigenvalue weighted by Gasteiger charge is -2.37. The minimum absolute atomic E-state index is 0. The molecule has 0 spiro atoms. The smallest absolute Gasteiger partial charge is 0.250 e. The van der Waals surface area contributed by atoms with Crippen molar-refractivity contribution in [3.05, 3.63) is 0 Å². The standard InChI is InChI=1S/C14H27N3O3.2ClH/c1-11(2)12(17-4-7-19-8-5-17)9-16-14(18)13-10-15-3-6-20-13;;/h11-13,15H,3-10H2,1-2H3,(H,16,18);2*1H. The quantitative estimate of drug-likeness (QED) is 0.740. The normalized spacial score (nSPS) is 24.0. The van der Waals surface area contributed by atoms with E-state index in [1.807, 2.05) is 0 Å². The fourth-order valence-corrected chi connectivity index (χ4v) is 2.75. The molecule has 0 aromatic carbocycles. The molecule has 1 amide bonds. The lowest BCUT2D eigenvalue weighted by molar-refractivity contribution is -0.134. The van der Waals surface area contributed by atoms with Crippen LogP contribution < -0.4 is 10.6 Å². The highest BCUT2D eigenvalue weighted by Gasteiger charge is 2.26. The van der Waals surface area contributed by atoms with Crippen LogP contribution in [-0.2, 0) is 14.3 Å².